The van der Waals surface area contributed by atoms with Crippen molar-refractivity contribution in [1.29, 1.82) is 0 Å². The van der Waals surface area contributed by atoms with Crippen LogP contribution >= 0.6 is 11.6 Å². The minimum absolute atomic E-state index is 0.0526. The van der Waals surface area contributed by atoms with E-state index in [1.54, 1.807) is 12.1 Å². The molecule has 3 N–H and O–H groups in total. The Kier molecular flexibility index (Phi) is 10.6. The summed E-state index contributed by atoms with van der Waals surface area (Å²) in [6, 6.07) is 7.92. The van der Waals surface area contributed by atoms with Crippen LogP contribution in [-0.2, 0) is 43.4 Å². The highest BCUT2D eigenvalue weighted by Crippen LogP contribution is 2.38. The average Bonchev–Trinajstić information content (AvgIpc) is 3.29. The lowest BCUT2D eigenvalue weighted by Crippen LogP contribution is -2.55. The first-order valence-electron chi connectivity index (χ1n) is 14.2. The van der Waals surface area contributed by atoms with Gasteiger partial charge in [-0.3, -0.25) is 19.2 Å². The van der Waals surface area contributed by atoms with Crippen LogP contribution in [-0.4, -0.2) is 60.0 Å². The fraction of sp³-hybridized carbons (Fsp3) is 0.533. The van der Waals surface area contributed by atoms with Gasteiger partial charge in [0.1, 0.15) is 25.1 Å². The number of nitrogens with one attached hydrogen (secondary N) is 3. The summed E-state index contributed by atoms with van der Waals surface area (Å²) in [7, 11) is 0. The van der Waals surface area contributed by atoms with Gasteiger partial charge >= 0.3 is 0 Å². The molecule has 2 heterocycles. The molecule has 2 aliphatic rings. The Bertz CT molecular complexity index is 1270. The molecule has 0 saturated heterocycles. The van der Waals surface area contributed by atoms with E-state index in [-0.39, 0.29) is 43.2 Å². The van der Waals surface area contributed by atoms with Crippen LogP contribution in [0.2, 0.25) is 5.02 Å². The second-order valence-corrected chi connectivity index (χ2v) is 11.3. The molecule has 0 bridgehead atoms. The molecule has 0 saturated carbocycles. The van der Waals surface area contributed by atoms with E-state index in [1.165, 1.54) is 0 Å². The highest BCUT2D eigenvalue weighted by molar-refractivity contribution is 6.30. The van der Waals surface area contributed by atoms with Crippen molar-refractivity contribution in [3.63, 3.8) is 0 Å². The van der Waals surface area contributed by atoms with E-state index in [0.717, 1.165) is 16.8 Å². The summed E-state index contributed by atoms with van der Waals surface area (Å²) in [4.78, 5) is 52.8. The third kappa shape index (κ3) is 7.54. The lowest BCUT2D eigenvalue weighted by Gasteiger charge is -2.34. The minimum atomic E-state index is -0.833. The van der Waals surface area contributed by atoms with Crippen LogP contribution in [0.3, 0.4) is 0 Å². The molecule has 1 aromatic carbocycles. The molecule has 3 unspecified atom stereocenters. The second-order valence-electron chi connectivity index (χ2n) is 10.9. The first kappa shape index (κ1) is 30.7. The van der Waals surface area contributed by atoms with Gasteiger partial charge in [0.05, 0.1) is 18.4 Å². The van der Waals surface area contributed by atoms with E-state index in [1.807, 2.05) is 42.8 Å². The van der Waals surface area contributed by atoms with Gasteiger partial charge in [-0.05, 0) is 48.1 Å². The van der Waals surface area contributed by atoms with E-state index >= 15 is 0 Å². The fourth-order valence-electron chi connectivity index (χ4n) is 5.72. The molecule has 0 spiro atoms. The highest BCUT2D eigenvalue weighted by Gasteiger charge is 2.43. The molecule has 222 valence electrons. The Labute approximate surface area is 244 Å². The first-order valence-corrected chi connectivity index (χ1v) is 14.6. The fourth-order valence-corrected chi connectivity index (χ4v) is 5.93. The molecule has 1 aliphatic carbocycles. The summed E-state index contributed by atoms with van der Waals surface area (Å²) in [6.45, 7) is 3.21. The van der Waals surface area contributed by atoms with Crippen molar-refractivity contribution in [2.24, 2.45) is 11.8 Å². The second kappa shape index (κ2) is 14.1. The first-order chi connectivity index (χ1) is 19.7. The van der Waals surface area contributed by atoms with E-state index in [9.17, 15) is 23.6 Å². The highest BCUT2D eigenvalue weighted by atomic mass is 35.5. The van der Waals surface area contributed by atoms with E-state index in [0.29, 0.717) is 37.4 Å². The van der Waals surface area contributed by atoms with Crippen molar-refractivity contribution < 1.29 is 28.3 Å². The topological polar surface area (TPSA) is 119 Å². The molecule has 4 rings (SSSR count). The molecule has 0 radical (unpaired) electrons. The zero-order valence-electron chi connectivity index (χ0n) is 23.5. The lowest BCUT2D eigenvalue weighted by molar-refractivity contribution is -0.133. The number of aryl methyl sites for hydroxylation is 1. The van der Waals surface area contributed by atoms with Crippen molar-refractivity contribution >= 4 is 35.1 Å². The molecule has 9 nitrogen and oxygen atoms in total. The van der Waals surface area contributed by atoms with Gasteiger partial charge in [0.15, 0.2) is 0 Å². The number of amides is 3. The summed E-state index contributed by atoms with van der Waals surface area (Å²) in [5, 5.41) is 9.29. The van der Waals surface area contributed by atoms with Crippen molar-refractivity contribution in [3.8, 4) is 0 Å². The lowest BCUT2D eigenvalue weighted by atomic mass is 9.79. The van der Waals surface area contributed by atoms with Crippen LogP contribution in [0.4, 0.5) is 4.39 Å². The predicted octanol–water partition coefficient (Wildman–Crippen LogP) is 3.08. The molecule has 11 heteroatoms. The number of hydrogen-bond acceptors (Lipinski definition) is 5. The number of hydrogen-bond donors (Lipinski definition) is 3. The van der Waals surface area contributed by atoms with Crippen molar-refractivity contribution in [1.82, 2.24) is 20.5 Å². The summed E-state index contributed by atoms with van der Waals surface area (Å²) in [5.41, 5.74) is 2.76. The van der Waals surface area contributed by atoms with Gasteiger partial charge < -0.3 is 25.3 Å². The van der Waals surface area contributed by atoms with Crippen molar-refractivity contribution in [3.05, 3.63) is 58.4 Å². The molecule has 0 fully saturated rings. The zero-order chi connectivity index (χ0) is 29.5. The molecular formula is C30H38ClFN4O5. The van der Waals surface area contributed by atoms with Crippen LogP contribution in [0.5, 0.6) is 0 Å². The molecular weight excluding hydrogens is 551 g/mol. The SMILES string of the molecule is CCC(C)C(NC(=O)COCCF)C(=O)N[C@H]1CCc2ccn3c2C1C(=O)C[C@H](C(=O)NCc1cccc(Cl)c1)C3. The number of benzene rings is 1. The number of halogens is 2. The van der Waals surface area contributed by atoms with Crippen LogP contribution < -0.4 is 16.0 Å². The zero-order valence-corrected chi connectivity index (χ0v) is 24.2. The number of carbonyl (C=O) groups excluding carboxylic acids is 4. The number of rotatable bonds is 12. The monoisotopic (exact) mass is 588 g/mol. The Hall–Kier alpha value is -3.24. The number of ketones is 1. The van der Waals surface area contributed by atoms with Crippen LogP contribution in [0.1, 0.15) is 55.8 Å². The quantitative estimate of drug-likeness (QED) is 0.329. The number of carbonyl (C=O) groups is 4. The molecule has 5 atom stereocenters. The third-order valence-electron chi connectivity index (χ3n) is 8.05. The number of nitrogens with zero attached hydrogens (tertiary/aromatic N) is 1. The van der Waals surface area contributed by atoms with E-state index < -0.39 is 36.5 Å². The molecule has 2 aromatic rings. The van der Waals surface area contributed by atoms with Gasteiger partial charge in [0, 0.05) is 42.5 Å². The van der Waals surface area contributed by atoms with Gasteiger partial charge in [-0.15, -0.1) is 0 Å². The normalized spacial score (nSPS) is 21.3. The number of ether oxygens (including phenoxy) is 1. The molecule has 1 aliphatic heterocycles. The van der Waals surface area contributed by atoms with Gasteiger partial charge in [-0.25, -0.2) is 4.39 Å². The van der Waals surface area contributed by atoms with Crippen LogP contribution in [0, 0.1) is 11.8 Å². The Morgan fingerprint density at radius 3 is 2.78 bits per heavy atom. The number of aromatic nitrogens is 1. The summed E-state index contributed by atoms with van der Waals surface area (Å²) >= 11 is 6.06. The predicted molar refractivity (Wildman–Crippen MR) is 152 cm³/mol. The Balaban J connectivity index is 1.47. The number of Topliss-reactive ketones (excluding diaryl/α,β-unsaturated/α-hetero) is 1. The summed E-state index contributed by atoms with van der Waals surface area (Å²) < 4.78 is 19.3. The standard InChI is InChI=1S/C30H38ClFN4O5/c1-3-18(2)27(35-25(38)17-41-12-10-32)30(40)34-23-8-7-20-9-11-36-16-21(14-24(37)26(23)28(20)36)29(39)33-15-19-5-4-6-22(31)13-19/h4-6,9,11,13,18,21,23,26-27H,3,7-8,10,12,14-17H2,1-2H3,(H,33,39)(H,34,40)(H,35,38)/t18?,21-,23-,26?,27?/m0/s1. The largest absolute Gasteiger partial charge is 0.369 e. The van der Waals surface area contributed by atoms with Crippen molar-refractivity contribution in [2.75, 3.05) is 19.9 Å². The Morgan fingerprint density at radius 1 is 1.24 bits per heavy atom. The Morgan fingerprint density at radius 2 is 2.05 bits per heavy atom. The minimum Gasteiger partial charge on any atom is -0.369 e. The molecule has 41 heavy (non-hydrogen) atoms. The average molecular weight is 589 g/mol. The maximum absolute atomic E-state index is 13.7. The smallest absolute Gasteiger partial charge is 0.246 e. The maximum Gasteiger partial charge on any atom is 0.246 e. The summed E-state index contributed by atoms with van der Waals surface area (Å²) in [6.07, 6.45) is 3.84. The van der Waals surface area contributed by atoms with Gasteiger partial charge in [0.25, 0.3) is 0 Å². The number of alkyl halides is 1. The third-order valence-corrected chi connectivity index (χ3v) is 8.28. The summed E-state index contributed by atoms with van der Waals surface area (Å²) in [5.74, 6) is -2.52. The van der Waals surface area contributed by atoms with Crippen molar-refractivity contribution in [2.45, 2.75) is 70.6 Å². The van der Waals surface area contributed by atoms with Gasteiger partial charge in [-0.2, -0.15) is 0 Å². The van der Waals surface area contributed by atoms with Gasteiger partial charge in [0.2, 0.25) is 17.7 Å². The van der Waals surface area contributed by atoms with E-state index in [4.69, 9.17) is 16.3 Å². The molecule has 1 aromatic heterocycles. The van der Waals surface area contributed by atoms with E-state index in [2.05, 4.69) is 16.0 Å². The van der Waals surface area contributed by atoms with Crippen LogP contribution in [0.25, 0.3) is 0 Å². The van der Waals surface area contributed by atoms with Gasteiger partial charge in [-0.1, -0.05) is 44.0 Å². The van der Waals surface area contributed by atoms with Crippen LogP contribution in [0.15, 0.2) is 36.5 Å². The molecule has 3 amide bonds. The maximum atomic E-state index is 13.7.